The lowest BCUT2D eigenvalue weighted by molar-refractivity contribution is 0.0603. The number of aromatic nitrogens is 1. The molecular weight excluding hydrogens is 197 g/mol. The van der Waals surface area contributed by atoms with Crippen LogP contribution in [0.2, 0.25) is 0 Å². The number of esters is 1. The number of fused-ring (bicyclic) bond motifs is 1. The van der Waals surface area contributed by atoms with E-state index in [1.807, 2.05) is 0 Å². The summed E-state index contributed by atoms with van der Waals surface area (Å²) in [5.74, 6) is -0.913. The molecule has 15 heavy (non-hydrogen) atoms. The van der Waals surface area contributed by atoms with E-state index in [4.69, 9.17) is 0 Å². The Morgan fingerprint density at radius 3 is 2.93 bits per heavy atom. The molecule has 0 fully saturated rings. The third-order valence-electron chi connectivity index (χ3n) is 2.12. The summed E-state index contributed by atoms with van der Waals surface area (Å²) in [6.07, 6.45) is 1.32. The van der Waals surface area contributed by atoms with Crippen LogP contribution in [0, 0.1) is 5.82 Å². The Kier molecular flexibility index (Phi) is 2.33. The Labute approximate surface area is 85.5 Å². The van der Waals surface area contributed by atoms with Gasteiger partial charge in [0.2, 0.25) is 0 Å². The van der Waals surface area contributed by atoms with E-state index in [-0.39, 0.29) is 5.56 Å². The van der Waals surface area contributed by atoms with E-state index in [2.05, 4.69) is 9.72 Å². The van der Waals surface area contributed by atoms with Crippen molar-refractivity contribution in [2.24, 2.45) is 0 Å². The third kappa shape index (κ3) is 1.54. The second-order valence-corrected chi connectivity index (χ2v) is 2.99. The van der Waals surface area contributed by atoms with Crippen molar-refractivity contribution in [3.63, 3.8) is 0 Å². The van der Waals surface area contributed by atoms with Crippen LogP contribution in [0.3, 0.4) is 0 Å². The average molecular weight is 205 g/mol. The maximum atomic E-state index is 13.3. The van der Waals surface area contributed by atoms with Crippen LogP contribution in [0.1, 0.15) is 10.4 Å². The van der Waals surface area contributed by atoms with E-state index in [1.165, 1.54) is 19.4 Å². The highest BCUT2D eigenvalue weighted by molar-refractivity contribution is 6.02. The zero-order chi connectivity index (χ0) is 10.8. The van der Waals surface area contributed by atoms with Gasteiger partial charge in [0.15, 0.2) is 0 Å². The van der Waals surface area contributed by atoms with Crippen molar-refractivity contribution in [2.45, 2.75) is 0 Å². The smallest absolute Gasteiger partial charge is 0.340 e. The minimum atomic E-state index is -0.515. The Hall–Kier alpha value is -1.97. The van der Waals surface area contributed by atoms with E-state index in [0.717, 1.165) is 0 Å². The molecule has 76 valence electrons. The SMILES string of the molecule is COC(=O)c1cccc2c(F)ccnc12. The summed E-state index contributed by atoms with van der Waals surface area (Å²) in [4.78, 5) is 15.3. The minimum absolute atomic E-state index is 0.273. The maximum Gasteiger partial charge on any atom is 0.340 e. The largest absolute Gasteiger partial charge is 0.465 e. The van der Waals surface area contributed by atoms with Crippen molar-refractivity contribution in [3.8, 4) is 0 Å². The van der Waals surface area contributed by atoms with Crippen LogP contribution in [0.5, 0.6) is 0 Å². The van der Waals surface area contributed by atoms with Crippen LogP contribution in [0.4, 0.5) is 4.39 Å². The number of hydrogen-bond acceptors (Lipinski definition) is 3. The van der Waals surface area contributed by atoms with Crippen molar-refractivity contribution in [1.29, 1.82) is 0 Å². The molecule has 3 nitrogen and oxygen atoms in total. The summed E-state index contributed by atoms with van der Waals surface area (Å²) < 4.78 is 17.9. The molecular formula is C11H8FNO2. The van der Waals surface area contributed by atoms with Gasteiger partial charge in [-0.05, 0) is 18.2 Å². The molecule has 0 aliphatic heterocycles. The Morgan fingerprint density at radius 1 is 1.40 bits per heavy atom. The molecule has 0 saturated heterocycles. The first-order chi connectivity index (χ1) is 7.24. The number of ether oxygens (including phenoxy) is 1. The molecule has 0 spiro atoms. The standard InChI is InChI=1S/C11H8FNO2/c1-15-11(14)8-4-2-3-7-9(12)5-6-13-10(7)8/h2-6H,1H3. The second kappa shape index (κ2) is 3.65. The van der Waals surface area contributed by atoms with Crippen LogP contribution < -0.4 is 0 Å². The monoisotopic (exact) mass is 205 g/mol. The quantitative estimate of drug-likeness (QED) is 0.669. The first kappa shape index (κ1) is 9.58. The topological polar surface area (TPSA) is 39.2 Å². The minimum Gasteiger partial charge on any atom is -0.465 e. The number of pyridine rings is 1. The molecule has 0 atom stereocenters. The molecule has 4 heteroatoms. The van der Waals surface area contributed by atoms with Gasteiger partial charge in [-0.1, -0.05) is 6.07 Å². The number of rotatable bonds is 1. The Bertz CT molecular complexity index is 525. The number of para-hydroxylation sites is 1. The van der Waals surface area contributed by atoms with Gasteiger partial charge in [-0.15, -0.1) is 0 Å². The summed E-state index contributed by atoms with van der Waals surface area (Å²) >= 11 is 0. The van der Waals surface area contributed by atoms with E-state index in [1.54, 1.807) is 18.2 Å². The maximum absolute atomic E-state index is 13.3. The number of nitrogens with zero attached hydrogens (tertiary/aromatic N) is 1. The number of benzene rings is 1. The zero-order valence-corrected chi connectivity index (χ0v) is 8.03. The number of halogens is 1. The fraction of sp³-hybridized carbons (Fsp3) is 0.0909. The molecule has 0 aliphatic carbocycles. The van der Waals surface area contributed by atoms with Gasteiger partial charge >= 0.3 is 5.97 Å². The van der Waals surface area contributed by atoms with Crippen LogP contribution in [0.25, 0.3) is 10.9 Å². The highest BCUT2D eigenvalue weighted by Gasteiger charge is 2.12. The highest BCUT2D eigenvalue weighted by Crippen LogP contribution is 2.19. The summed E-state index contributed by atoms with van der Waals surface area (Å²) in [6.45, 7) is 0. The molecule has 0 aliphatic rings. The van der Waals surface area contributed by atoms with Gasteiger partial charge in [-0.2, -0.15) is 0 Å². The lowest BCUT2D eigenvalue weighted by Crippen LogP contribution is -2.03. The Morgan fingerprint density at radius 2 is 2.20 bits per heavy atom. The van der Waals surface area contributed by atoms with Crippen molar-refractivity contribution in [1.82, 2.24) is 4.98 Å². The van der Waals surface area contributed by atoms with Gasteiger partial charge in [-0.3, -0.25) is 4.98 Å². The predicted octanol–water partition coefficient (Wildman–Crippen LogP) is 2.16. The van der Waals surface area contributed by atoms with Crippen LogP contribution >= 0.6 is 0 Å². The molecule has 0 radical (unpaired) electrons. The first-order valence-corrected chi connectivity index (χ1v) is 4.35. The second-order valence-electron chi connectivity index (χ2n) is 2.99. The highest BCUT2D eigenvalue weighted by atomic mass is 19.1. The molecule has 0 bridgehead atoms. The summed E-state index contributed by atoms with van der Waals surface area (Å²) in [5, 5.41) is 0.320. The molecule has 1 aromatic heterocycles. The van der Waals surface area contributed by atoms with Crippen molar-refractivity contribution >= 4 is 16.9 Å². The van der Waals surface area contributed by atoms with Crippen molar-refractivity contribution in [2.75, 3.05) is 7.11 Å². The average Bonchev–Trinajstić information content (AvgIpc) is 2.28. The molecule has 1 heterocycles. The summed E-state index contributed by atoms with van der Waals surface area (Å²) in [7, 11) is 1.28. The normalized spacial score (nSPS) is 10.3. The fourth-order valence-electron chi connectivity index (χ4n) is 1.42. The molecule has 0 unspecified atom stereocenters. The van der Waals surface area contributed by atoms with Crippen LogP contribution in [0.15, 0.2) is 30.5 Å². The fourth-order valence-corrected chi connectivity index (χ4v) is 1.42. The first-order valence-electron chi connectivity index (χ1n) is 4.35. The van der Waals surface area contributed by atoms with Crippen molar-refractivity contribution in [3.05, 3.63) is 41.8 Å². The molecule has 0 N–H and O–H groups in total. The lowest BCUT2D eigenvalue weighted by atomic mass is 10.1. The molecule has 0 saturated carbocycles. The molecule has 0 amide bonds. The van der Waals surface area contributed by atoms with Gasteiger partial charge in [0.25, 0.3) is 0 Å². The van der Waals surface area contributed by atoms with Gasteiger partial charge in [-0.25, -0.2) is 9.18 Å². The molecule has 2 aromatic rings. The van der Waals surface area contributed by atoms with E-state index >= 15 is 0 Å². The summed E-state index contributed by atoms with van der Waals surface area (Å²) in [5.41, 5.74) is 0.596. The van der Waals surface area contributed by atoms with Gasteiger partial charge < -0.3 is 4.74 Å². The molecule has 2 rings (SSSR count). The van der Waals surface area contributed by atoms with Gasteiger partial charge in [0, 0.05) is 11.6 Å². The zero-order valence-electron chi connectivity index (χ0n) is 8.03. The van der Waals surface area contributed by atoms with E-state index < -0.39 is 11.8 Å². The lowest BCUT2D eigenvalue weighted by Gasteiger charge is -2.03. The number of hydrogen-bond donors (Lipinski definition) is 0. The number of methoxy groups -OCH3 is 1. The van der Waals surface area contributed by atoms with Crippen LogP contribution in [-0.2, 0) is 4.74 Å². The predicted molar refractivity (Wildman–Crippen MR) is 53.0 cm³/mol. The van der Waals surface area contributed by atoms with E-state index in [9.17, 15) is 9.18 Å². The summed E-state index contributed by atoms with van der Waals surface area (Å²) in [6, 6.07) is 5.98. The number of carbonyl (C=O) groups is 1. The van der Waals surface area contributed by atoms with Crippen molar-refractivity contribution < 1.29 is 13.9 Å². The van der Waals surface area contributed by atoms with E-state index in [0.29, 0.717) is 10.9 Å². The molecule has 1 aromatic carbocycles. The van der Waals surface area contributed by atoms with Gasteiger partial charge in [0.05, 0.1) is 18.2 Å². The Balaban J connectivity index is 2.77. The number of carbonyl (C=O) groups excluding carboxylic acids is 1. The third-order valence-corrected chi connectivity index (χ3v) is 2.12. The van der Waals surface area contributed by atoms with Crippen LogP contribution in [-0.4, -0.2) is 18.1 Å². The van der Waals surface area contributed by atoms with Gasteiger partial charge in [0.1, 0.15) is 5.82 Å².